The normalized spacial score (nSPS) is 14.6. The van der Waals surface area contributed by atoms with Gasteiger partial charge in [-0.15, -0.1) is 11.3 Å². The second kappa shape index (κ2) is 12.5. The van der Waals surface area contributed by atoms with Crippen molar-refractivity contribution in [2.45, 2.75) is 6.17 Å². The number of fused-ring (bicyclic) bond motifs is 11. The van der Waals surface area contributed by atoms with Gasteiger partial charge in [0.15, 0.2) is 5.84 Å². The van der Waals surface area contributed by atoms with Crippen LogP contribution in [0.25, 0.3) is 91.1 Å². The fourth-order valence-electron chi connectivity index (χ4n) is 9.18. The molecule has 4 heterocycles. The minimum Gasteiger partial charge on any atom is -0.455 e. The molecule has 3 aromatic heterocycles. The summed E-state index contributed by atoms with van der Waals surface area (Å²) in [5.41, 5.74) is 7.84. The third-order valence-corrected chi connectivity index (χ3v) is 13.1. The molecule has 0 saturated heterocycles. The Kier molecular flexibility index (Phi) is 6.88. The zero-order chi connectivity index (χ0) is 38.6. The van der Waals surface area contributed by atoms with Crippen molar-refractivity contribution in [2.75, 3.05) is 0 Å². The number of nitrogens with one attached hydrogen (secondary N) is 1. The standard InChI is InChI=1S/C53H32N4OS/c1-2-12-32-25-35(22-21-31(32)11-1)51-54-52(36-23-24-41-40-17-7-10-20-48(40)59-49(41)28-36)56-53(55-51)44-30-37(29-43-39-16-6-9-19-47(39)58-50(43)44)57-45-18-8-5-15-38(45)42-26-33-13-3-4-14-34(33)27-46(42)57/h1-30,51H,(H,54,55,56). The maximum absolute atomic E-state index is 6.80. The Morgan fingerprint density at radius 2 is 1.22 bits per heavy atom. The molecule has 0 aliphatic carbocycles. The van der Waals surface area contributed by atoms with Crippen molar-refractivity contribution in [3.8, 4) is 5.69 Å². The van der Waals surface area contributed by atoms with Crippen molar-refractivity contribution in [3.63, 3.8) is 0 Å². The molecule has 1 atom stereocenters. The number of nitrogens with zero attached hydrogens (tertiary/aromatic N) is 3. The van der Waals surface area contributed by atoms with E-state index in [1.807, 2.05) is 12.1 Å². The highest BCUT2D eigenvalue weighted by molar-refractivity contribution is 7.25. The summed E-state index contributed by atoms with van der Waals surface area (Å²) < 4.78 is 11.7. The molecule has 1 N–H and O–H groups in total. The SMILES string of the molecule is c1ccc2cc(C3N=C(c4ccc5c(c4)sc4ccccc45)N=C(c4cc(-n5c6ccccc6c6cc7ccccc7cc65)cc5c4oc4ccccc45)N3)ccc2c1. The Morgan fingerprint density at radius 3 is 2.10 bits per heavy atom. The average molecular weight is 773 g/mol. The summed E-state index contributed by atoms with van der Waals surface area (Å²) in [5, 5.41) is 15.6. The Hall–Kier alpha value is -7.54. The van der Waals surface area contributed by atoms with Gasteiger partial charge in [-0.3, -0.25) is 0 Å². The number of para-hydroxylation sites is 2. The predicted molar refractivity (Wildman–Crippen MR) is 248 cm³/mol. The van der Waals surface area contributed by atoms with Crippen LogP contribution in [0.3, 0.4) is 0 Å². The second-order valence-electron chi connectivity index (χ2n) is 15.4. The fourth-order valence-corrected chi connectivity index (χ4v) is 10.3. The van der Waals surface area contributed by atoms with Gasteiger partial charge < -0.3 is 14.3 Å². The van der Waals surface area contributed by atoms with Gasteiger partial charge in [0.05, 0.1) is 16.6 Å². The van der Waals surface area contributed by atoms with Crippen LogP contribution in [0, 0.1) is 0 Å². The van der Waals surface area contributed by atoms with Gasteiger partial charge in [-0.1, -0.05) is 127 Å². The lowest BCUT2D eigenvalue weighted by molar-refractivity contribution is 0.660. The van der Waals surface area contributed by atoms with Gasteiger partial charge in [-0.25, -0.2) is 9.98 Å². The highest BCUT2D eigenvalue weighted by atomic mass is 32.1. The molecule has 9 aromatic carbocycles. The van der Waals surface area contributed by atoms with Crippen LogP contribution in [0.5, 0.6) is 0 Å². The van der Waals surface area contributed by atoms with Crippen LogP contribution in [-0.2, 0) is 0 Å². The summed E-state index contributed by atoms with van der Waals surface area (Å²) in [7, 11) is 0. The fraction of sp³-hybridized carbons (Fsp3) is 0.0189. The molecule has 1 unspecified atom stereocenters. The van der Waals surface area contributed by atoms with Gasteiger partial charge in [0.2, 0.25) is 0 Å². The Morgan fingerprint density at radius 1 is 0.508 bits per heavy atom. The molecule has 1 aliphatic heterocycles. The zero-order valence-electron chi connectivity index (χ0n) is 31.6. The molecule has 1 aliphatic rings. The van der Waals surface area contributed by atoms with Crippen LogP contribution in [0.4, 0.5) is 0 Å². The molecule has 0 fully saturated rings. The summed E-state index contributed by atoms with van der Waals surface area (Å²) in [5.74, 6) is 1.39. The molecule has 5 nitrogen and oxygen atoms in total. The molecule has 0 spiro atoms. The van der Waals surface area contributed by atoms with E-state index in [2.05, 4.69) is 180 Å². The molecule has 12 aromatic rings. The summed E-state index contributed by atoms with van der Waals surface area (Å²) in [6, 6.07) is 65.1. The van der Waals surface area contributed by atoms with E-state index >= 15 is 0 Å². The van der Waals surface area contributed by atoms with Crippen molar-refractivity contribution < 1.29 is 4.42 Å². The molecule has 6 heteroatoms. The lowest BCUT2D eigenvalue weighted by Gasteiger charge is -2.24. The van der Waals surface area contributed by atoms with Crippen LogP contribution in [-0.4, -0.2) is 16.2 Å². The van der Waals surface area contributed by atoms with E-state index < -0.39 is 6.17 Å². The molecular weight excluding hydrogens is 741 g/mol. The average Bonchev–Trinajstić information content (AvgIpc) is 3.96. The number of benzene rings is 9. The van der Waals surface area contributed by atoms with Gasteiger partial charge in [-0.05, 0) is 81.7 Å². The highest BCUT2D eigenvalue weighted by Gasteiger charge is 2.26. The summed E-state index contributed by atoms with van der Waals surface area (Å²) in [6.07, 6.45) is -0.400. The minimum absolute atomic E-state index is 0.400. The Labute approximate surface area is 341 Å². The lowest BCUT2D eigenvalue weighted by Crippen LogP contribution is -2.33. The maximum atomic E-state index is 6.80. The maximum Gasteiger partial charge on any atom is 0.159 e. The first-order chi connectivity index (χ1) is 29.2. The van der Waals surface area contributed by atoms with Crippen molar-refractivity contribution in [3.05, 3.63) is 199 Å². The van der Waals surface area contributed by atoms with E-state index in [-0.39, 0.29) is 0 Å². The van der Waals surface area contributed by atoms with E-state index in [1.54, 1.807) is 11.3 Å². The number of hydrogen-bond donors (Lipinski definition) is 1. The third kappa shape index (κ3) is 5.03. The first kappa shape index (κ1) is 32.5. The summed E-state index contributed by atoms with van der Waals surface area (Å²) in [4.78, 5) is 10.8. The van der Waals surface area contributed by atoms with Crippen LogP contribution in [0.2, 0.25) is 0 Å². The summed E-state index contributed by atoms with van der Waals surface area (Å²) in [6.45, 7) is 0. The minimum atomic E-state index is -0.400. The smallest absolute Gasteiger partial charge is 0.159 e. The number of aliphatic imine (C=N–C) groups is 2. The van der Waals surface area contributed by atoms with Crippen LogP contribution >= 0.6 is 11.3 Å². The number of thiophene rings is 1. The van der Waals surface area contributed by atoms with Crippen molar-refractivity contribution >= 4 is 108 Å². The molecule has 59 heavy (non-hydrogen) atoms. The molecule has 13 rings (SSSR count). The van der Waals surface area contributed by atoms with Crippen molar-refractivity contribution in [2.24, 2.45) is 9.98 Å². The van der Waals surface area contributed by atoms with Crippen LogP contribution < -0.4 is 5.32 Å². The molecular formula is C53H32N4OS. The number of hydrogen-bond acceptors (Lipinski definition) is 5. The van der Waals surface area contributed by atoms with E-state index in [9.17, 15) is 0 Å². The number of amidine groups is 2. The molecule has 0 radical (unpaired) electrons. The van der Waals surface area contributed by atoms with Gasteiger partial charge in [0.1, 0.15) is 23.2 Å². The highest BCUT2D eigenvalue weighted by Crippen LogP contribution is 2.40. The molecule has 0 amide bonds. The third-order valence-electron chi connectivity index (χ3n) is 12.0. The van der Waals surface area contributed by atoms with Crippen LogP contribution in [0.1, 0.15) is 22.9 Å². The number of furan rings is 1. The predicted octanol–water partition coefficient (Wildman–Crippen LogP) is 13.9. The monoisotopic (exact) mass is 772 g/mol. The molecule has 0 bridgehead atoms. The number of rotatable bonds is 4. The van der Waals surface area contributed by atoms with E-state index in [4.69, 9.17) is 14.4 Å². The largest absolute Gasteiger partial charge is 0.455 e. The Balaban J connectivity index is 1.07. The van der Waals surface area contributed by atoms with Crippen LogP contribution in [0.15, 0.2) is 196 Å². The van der Waals surface area contributed by atoms with Gasteiger partial charge in [-0.2, -0.15) is 0 Å². The lowest BCUT2D eigenvalue weighted by atomic mass is 10.0. The quantitative estimate of drug-likeness (QED) is 0.194. The van der Waals surface area contributed by atoms with Crippen molar-refractivity contribution in [1.29, 1.82) is 0 Å². The van der Waals surface area contributed by atoms with E-state index in [1.165, 1.54) is 52.5 Å². The Bertz CT molecular complexity index is 3790. The van der Waals surface area contributed by atoms with E-state index in [0.29, 0.717) is 11.7 Å². The van der Waals surface area contributed by atoms with Gasteiger partial charge >= 0.3 is 0 Å². The topological polar surface area (TPSA) is 54.8 Å². The van der Waals surface area contributed by atoms with Gasteiger partial charge in [0.25, 0.3) is 0 Å². The number of aromatic nitrogens is 1. The van der Waals surface area contributed by atoms with E-state index in [0.717, 1.165) is 55.3 Å². The van der Waals surface area contributed by atoms with Crippen molar-refractivity contribution in [1.82, 2.24) is 9.88 Å². The zero-order valence-corrected chi connectivity index (χ0v) is 32.4. The van der Waals surface area contributed by atoms with Gasteiger partial charge in [0, 0.05) is 53.0 Å². The summed E-state index contributed by atoms with van der Waals surface area (Å²) >= 11 is 1.81. The second-order valence-corrected chi connectivity index (χ2v) is 16.5. The molecule has 0 saturated carbocycles. The first-order valence-electron chi connectivity index (χ1n) is 19.9. The first-order valence-corrected chi connectivity index (χ1v) is 20.7. The molecule has 276 valence electrons.